The van der Waals surface area contributed by atoms with Crippen LogP contribution in [0, 0.1) is 0 Å². The Bertz CT molecular complexity index is 132. The van der Waals surface area contributed by atoms with E-state index in [1.807, 2.05) is 0 Å². The van der Waals surface area contributed by atoms with Crippen LogP contribution in [0.3, 0.4) is 0 Å². The third-order valence-corrected chi connectivity index (χ3v) is 2.53. The maximum absolute atomic E-state index is 11.9. The molecule has 0 saturated carbocycles. The lowest BCUT2D eigenvalue weighted by molar-refractivity contribution is -0.00640. The Kier molecular flexibility index (Phi) is 6.07. The molecule has 14 heavy (non-hydrogen) atoms. The number of piperidine rings is 1. The Hall–Kier alpha value is -0.190. The van der Waals surface area contributed by atoms with Crippen molar-refractivity contribution in [1.29, 1.82) is 0 Å². The van der Waals surface area contributed by atoms with Gasteiger partial charge in [0.1, 0.15) is 6.67 Å². The van der Waals surface area contributed by atoms with E-state index in [0.717, 1.165) is 38.9 Å². The van der Waals surface area contributed by atoms with Crippen LogP contribution in [-0.2, 0) is 4.74 Å². The molecular formula is C10H20FNO2. The molecule has 1 fully saturated rings. The van der Waals surface area contributed by atoms with Gasteiger partial charge in [0.15, 0.2) is 0 Å². The third-order valence-electron chi connectivity index (χ3n) is 2.53. The topological polar surface area (TPSA) is 32.7 Å². The summed E-state index contributed by atoms with van der Waals surface area (Å²) < 4.78 is 17.2. The maximum Gasteiger partial charge on any atom is 0.113 e. The van der Waals surface area contributed by atoms with Gasteiger partial charge in [-0.2, -0.15) is 0 Å². The summed E-state index contributed by atoms with van der Waals surface area (Å²) >= 11 is 0. The highest BCUT2D eigenvalue weighted by Crippen LogP contribution is 2.13. The summed E-state index contributed by atoms with van der Waals surface area (Å²) in [6, 6.07) is 0. The minimum absolute atomic E-state index is 0.193. The summed E-state index contributed by atoms with van der Waals surface area (Å²) in [4.78, 5) is 2.28. The van der Waals surface area contributed by atoms with Gasteiger partial charge < -0.3 is 14.7 Å². The zero-order valence-electron chi connectivity index (χ0n) is 8.62. The molecule has 1 heterocycles. The number of halogens is 1. The van der Waals surface area contributed by atoms with Gasteiger partial charge in [0.25, 0.3) is 0 Å². The predicted molar refractivity (Wildman–Crippen MR) is 53.1 cm³/mol. The van der Waals surface area contributed by atoms with E-state index >= 15 is 0 Å². The minimum Gasteiger partial charge on any atom is -0.396 e. The number of aliphatic hydroxyl groups is 1. The van der Waals surface area contributed by atoms with E-state index in [0.29, 0.717) is 0 Å². The molecule has 0 spiro atoms. The molecule has 1 atom stereocenters. The van der Waals surface area contributed by atoms with Gasteiger partial charge in [0, 0.05) is 19.7 Å². The van der Waals surface area contributed by atoms with E-state index < -0.39 is 6.67 Å². The Labute approximate surface area is 84.9 Å². The van der Waals surface area contributed by atoms with Crippen LogP contribution in [0.25, 0.3) is 0 Å². The van der Waals surface area contributed by atoms with E-state index in [-0.39, 0.29) is 19.3 Å². The van der Waals surface area contributed by atoms with Crippen molar-refractivity contribution in [1.82, 2.24) is 4.90 Å². The van der Waals surface area contributed by atoms with Gasteiger partial charge >= 0.3 is 0 Å². The fourth-order valence-corrected chi connectivity index (χ4v) is 1.86. The maximum atomic E-state index is 11.9. The molecule has 1 N–H and O–H groups in total. The van der Waals surface area contributed by atoms with Crippen molar-refractivity contribution in [2.24, 2.45) is 0 Å². The molecule has 0 aliphatic carbocycles. The average Bonchev–Trinajstić information content (AvgIpc) is 2.24. The van der Waals surface area contributed by atoms with Crippen molar-refractivity contribution in [3.63, 3.8) is 0 Å². The molecule has 1 aliphatic heterocycles. The molecule has 0 aromatic rings. The normalized spacial score (nSPS) is 24.0. The van der Waals surface area contributed by atoms with Crippen LogP contribution >= 0.6 is 0 Å². The second-order valence-electron chi connectivity index (χ2n) is 3.70. The summed E-state index contributed by atoms with van der Waals surface area (Å²) in [5.41, 5.74) is 0. The third kappa shape index (κ3) is 4.35. The summed E-state index contributed by atoms with van der Waals surface area (Å²) in [6.07, 6.45) is 3.16. The van der Waals surface area contributed by atoms with Crippen LogP contribution in [-0.4, -0.2) is 55.6 Å². The van der Waals surface area contributed by atoms with E-state index in [4.69, 9.17) is 9.84 Å². The molecule has 1 unspecified atom stereocenters. The fraction of sp³-hybridized carbons (Fsp3) is 1.00. The molecule has 0 aromatic heterocycles. The van der Waals surface area contributed by atoms with Crippen LogP contribution in [0.5, 0.6) is 0 Å². The van der Waals surface area contributed by atoms with Crippen molar-refractivity contribution in [3.05, 3.63) is 0 Å². The van der Waals surface area contributed by atoms with Crippen LogP contribution < -0.4 is 0 Å². The van der Waals surface area contributed by atoms with Crippen LogP contribution in [0.4, 0.5) is 4.39 Å². The first-order chi connectivity index (χ1) is 6.86. The zero-order valence-corrected chi connectivity index (χ0v) is 8.62. The molecule has 84 valence electrons. The Morgan fingerprint density at radius 1 is 1.50 bits per heavy atom. The number of aliphatic hydroxyl groups excluding tert-OH is 1. The van der Waals surface area contributed by atoms with Crippen molar-refractivity contribution in [2.75, 3.05) is 39.5 Å². The molecule has 0 bridgehead atoms. The van der Waals surface area contributed by atoms with Crippen molar-refractivity contribution < 1.29 is 14.2 Å². The highest BCUT2D eigenvalue weighted by atomic mass is 19.1. The zero-order chi connectivity index (χ0) is 10.2. The quantitative estimate of drug-likeness (QED) is 0.697. The van der Waals surface area contributed by atoms with E-state index in [2.05, 4.69) is 4.90 Å². The van der Waals surface area contributed by atoms with Crippen molar-refractivity contribution in [2.45, 2.75) is 25.4 Å². The van der Waals surface area contributed by atoms with Crippen molar-refractivity contribution in [3.8, 4) is 0 Å². The molecule has 0 radical (unpaired) electrons. The highest BCUT2D eigenvalue weighted by molar-refractivity contribution is 4.73. The van der Waals surface area contributed by atoms with Crippen LogP contribution in [0.15, 0.2) is 0 Å². The SMILES string of the molecule is OCCCN1CCCC(OCCF)C1. The van der Waals surface area contributed by atoms with E-state index in [9.17, 15) is 4.39 Å². The highest BCUT2D eigenvalue weighted by Gasteiger charge is 2.19. The van der Waals surface area contributed by atoms with Crippen LogP contribution in [0.2, 0.25) is 0 Å². The summed E-state index contributed by atoms with van der Waals surface area (Å²) in [6.45, 7) is 2.96. The molecule has 4 heteroatoms. The molecule has 1 aliphatic rings. The molecule has 1 saturated heterocycles. The number of hydrogen-bond donors (Lipinski definition) is 1. The van der Waals surface area contributed by atoms with Gasteiger partial charge in [-0.15, -0.1) is 0 Å². The van der Waals surface area contributed by atoms with E-state index in [1.54, 1.807) is 0 Å². The number of nitrogens with zero attached hydrogens (tertiary/aromatic N) is 1. The van der Waals surface area contributed by atoms with Gasteiger partial charge in [0.2, 0.25) is 0 Å². The first-order valence-electron chi connectivity index (χ1n) is 5.37. The summed E-state index contributed by atoms with van der Waals surface area (Å²) in [7, 11) is 0. The Morgan fingerprint density at radius 2 is 2.36 bits per heavy atom. The second kappa shape index (κ2) is 7.15. The number of likely N-dealkylation sites (tertiary alicyclic amines) is 1. The monoisotopic (exact) mass is 205 g/mol. The van der Waals surface area contributed by atoms with Gasteiger partial charge in [0.05, 0.1) is 12.7 Å². The standard InChI is InChI=1S/C10H20FNO2/c11-4-8-14-10-3-1-5-12(9-10)6-2-7-13/h10,13H,1-9H2. The lowest BCUT2D eigenvalue weighted by Crippen LogP contribution is -2.40. The smallest absolute Gasteiger partial charge is 0.113 e. The minimum atomic E-state index is -0.396. The molecule has 1 rings (SSSR count). The number of rotatable bonds is 6. The van der Waals surface area contributed by atoms with Crippen molar-refractivity contribution >= 4 is 0 Å². The van der Waals surface area contributed by atoms with Gasteiger partial charge in [-0.05, 0) is 25.8 Å². The molecular weight excluding hydrogens is 185 g/mol. The van der Waals surface area contributed by atoms with Gasteiger partial charge in [-0.3, -0.25) is 0 Å². The molecule has 0 amide bonds. The van der Waals surface area contributed by atoms with Gasteiger partial charge in [-0.1, -0.05) is 0 Å². The van der Waals surface area contributed by atoms with Crippen LogP contribution in [0.1, 0.15) is 19.3 Å². The average molecular weight is 205 g/mol. The van der Waals surface area contributed by atoms with E-state index in [1.165, 1.54) is 0 Å². The fourth-order valence-electron chi connectivity index (χ4n) is 1.86. The summed E-state index contributed by atoms with van der Waals surface area (Å²) in [5, 5.41) is 8.70. The first kappa shape index (κ1) is 11.9. The van der Waals surface area contributed by atoms with Gasteiger partial charge in [-0.25, -0.2) is 4.39 Å². The number of ether oxygens (including phenoxy) is 1. The largest absolute Gasteiger partial charge is 0.396 e. The Balaban J connectivity index is 2.14. The molecule has 3 nitrogen and oxygen atoms in total. The lowest BCUT2D eigenvalue weighted by atomic mass is 10.1. The summed E-state index contributed by atoms with van der Waals surface area (Å²) in [5.74, 6) is 0. The Morgan fingerprint density at radius 3 is 3.07 bits per heavy atom. The number of alkyl halides is 1. The number of hydrogen-bond acceptors (Lipinski definition) is 3. The predicted octanol–water partition coefficient (Wildman–Crippen LogP) is 0.819. The second-order valence-corrected chi connectivity index (χ2v) is 3.70. The lowest BCUT2D eigenvalue weighted by Gasteiger charge is -2.32. The molecule has 0 aromatic carbocycles. The first-order valence-corrected chi connectivity index (χ1v) is 5.37.